The molecule has 24 heavy (non-hydrogen) atoms. The number of nitrogens with zero attached hydrogens (tertiary/aromatic N) is 2. The lowest BCUT2D eigenvalue weighted by Gasteiger charge is -2.27. The summed E-state index contributed by atoms with van der Waals surface area (Å²) in [6.07, 6.45) is 0. The molecule has 0 unspecified atom stereocenters. The van der Waals surface area contributed by atoms with Gasteiger partial charge >= 0.3 is 0 Å². The summed E-state index contributed by atoms with van der Waals surface area (Å²) < 4.78 is 0. The Morgan fingerprint density at radius 2 is 1.38 bits per heavy atom. The number of hydrogen-bond donors (Lipinski definition) is 0. The molecule has 0 spiro atoms. The predicted octanol–water partition coefficient (Wildman–Crippen LogP) is 4.61. The Kier molecular flexibility index (Phi) is 6.42. The maximum atomic E-state index is 13.0. The SMILES string of the molecule is CCN(CC)c1ccc(C(=O)c2ccccc2)c(N(CC)CC)c1. The highest BCUT2D eigenvalue weighted by molar-refractivity contribution is 6.12. The lowest BCUT2D eigenvalue weighted by atomic mass is 10.00. The molecule has 3 heteroatoms. The maximum Gasteiger partial charge on any atom is 0.195 e. The third kappa shape index (κ3) is 3.78. The lowest BCUT2D eigenvalue weighted by Crippen LogP contribution is -2.26. The molecule has 0 N–H and O–H groups in total. The van der Waals surface area contributed by atoms with E-state index in [1.807, 2.05) is 36.4 Å². The second-order valence-electron chi connectivity index (χ2n) is 5.74. The average Bonchev–Trinajstić information content (AvgIpc) is 2.64. The Labute approximate surface area is 145 Å². The molecule has 2 aromatic rings. The third-order valence-corrected chi connectivity index (χ3v) is 4.49. The summed E-state index contributed by atoms with van der Waals surface area (Å²) in [6.45, 7) is 12.3. The fraction of sp³-hybridized carbons (Fsp3) is 0.381. The minimum absolute atomic E-state index is 0.0867. The molecule has 2 aromatic carbocycles. The molecule has 0 bridgehead atoms. The van der Waals surface area contributed by atoms with E-state index in [0.29, 0.717) is 0 Å². The van der Waals surface area contributed by atoms with E-state index >= 15 is 0 Å². The van der Waals surface area contributed by atoms with E-state index in [0.717, 1.165) is 43.0 Å². The summed E-state index contributed by atoms with van der Waals surface area (Å²) in [5, 5.41) is 0. The molecule has 2 rings (SSSR count). The highest BCUT2D eigenvalue weighted by Crippen LogP contribution is 2.29. The number of benzene rings is 2. The van der Waals surface area contributed by atoms with Crippen molar-refractivity contribution in [3.8, 4) is 0 Å². The first-order valence-corrected chi connectivity index (χ1v) is 8.89. The molecule has 0 aromatic heterocycles. The van der Waals surface area contributed by atoms with Gasteiger partial charge in [-0.05, 0) is 45.9 Å². The van der Waals surface area contributed by atoms with Gasteiger partial charge in [0.2, 0.25) is 0 Å². The van der Waals surface area contributed by atoms with Crippen LogP contribution in [0.2, 0.25) is 0 Å². The molecule has 0 amide bonds. The van der Waals surface area contributed by atoms with Crippen molar-refractivity contribution in [2.24, 2.45) is 0 Å². The number of carbonyl (C=O) groups excluding carboxylic acids is 1. The average molecular weight is 324 g/mol. The van der Waals surface area contributed by atoms with Gasteiger partial charge in [-0.25, -0.2) is 0 Å². The molecule has 0 radical (unpaired) electrons. The van der Waals surface area contributed by atoms with E-state index in [2.05, 4.69) is 49.6 Å². The van der Waals surface area contributed by atoms with Crippen LogP contribution in [0.15, 0.2) is 48.5 Å². The molecule has 0 saturated carbocycles. The van der Waals surface area contributed by atoms with Gasteiger partial charge in [0.15, 0.2) is 5.78 Å². The first-order chi connectivity index (χ1) is 11.7. The molecule has 128 valence electrons. The molecular weight excluding hydrogens is 296 g/mol. The molecule has 0 saturated heterocycles. The number of rotatable bonds is 8. The van der Waals surface area contributed by atoms with Gasteiger partial charge < -0.3 is 9.80 Å². The van der Waals surface area contributed by atoms with Crippen LogP contribution >= 0.6 is 0 Å². The van der Waals surface area contributed by atoms with Gasteiger partial charge in [-0.15, -0.1) is 0 Å². The van der Waals surface area contributed by atoms with Gasteiger partial charge in [0.05, 0.1) is 0 Å². The minimum Gasteiger partial charge on any atom is -0.372 e. The quantitative estimate of drug-likeness (QED) is 0.663. The second-order valence-corrected chi connectivity index (χ2v) is 5.74. The van der Waals surface area contributed by atoms with Gasteiger partial charge in [0.1, 0.15) is 0 Å². The summed E-state index contributed by atoms with van der Waals surface area (Å²) in [4.78, 5) is 17.5. The molecule has 0 aliphatic rings. The Balaban J connectivity index is 2.52. The fourth-order valence-corrected chi connectivity index (χ4v) is 3.07. The van der Waals surface area contributed by atoms with E-state index in [4.69, 9.17) is 0 Å². The van der Waals surface area contributed by atoms with Crippen LogP contribution in [0, 0.1) is 0 Å². The highest BCUT2D eigenvalue weighted by Gasteiger charge is 2.18. The normalized spacial score (nSPS) is 10.5. The number of anilines is 2. The van der Waals surface area contributed by atoms with Crippen LogP contribution in [0.1, 0.15) is 43.6 Å². The summed E-state index contributed by atoms with van der Waals surface area (Å²) in [7, 11) is 0. The van der Waals surface area contributed by atoms with E-state index in [9.17, 15) is 4.79 Å². The van der Waals surface area contributed by atoms with Crippen molar-refractivity contribution < 1.29 is 4.79 Å². The van der Waals surface area contributed by atoms with Gasteiger partial charge in [0.25, 0.3) is 0 Å². The molecule has 0 aliphatic heterocycles. The zero-order valence-corrected chi connectivity index (χ0v) is 15.2. The van der Waals surface area contributed by atoms with Crippen LogP contribution in [0.4, 0.5) is 11.4 Å². The Morgan fingerprint density at radius 1 is 0.792 bits per heavy atom. The smallest absolute Gasteiger partial charge is 0.195 e. The van der Waals surface area contributed by atoms with Crippen molar-refractivity contribution in [3.05, 3.63) is 59.7 Å². The molecule has 0 aliphatic carbocycles. The van der Waals surface area contributed by atoms with Gasteiger partial charge in [-0.2, -0.15) is 0 Å². The number of hydrogen-bond acceptors (Lipinski definition) is 3. The van der Waals surface area contributed by atoms with Crippen molar-refractivity contribution in [1.82, 2.24) is 0 Å². The van der Waals surface area contributed by atoms with Crippen molar-refractivity contribution in [2.45, 2.75) is 27.7 Å². The topological polar surface area (TPSA) is 23.6 Å². The maximum absolute atomic E-state index is 13.0. The fourth-order valence-electron chi connectivity index (χ4n) is 3.07. The molecule has 0 heterocycles. The van der Waals surface area contributed by atoms with Crippen LogP contribution in [0.3, 0.4) is 0 Å². The summed E-state index contributed by atoms with van der Waals surface area (Å²) in [6, 6.07) is 15.7. The Morgan fingerprint density at radius 3 is 1.92 bits per heavy atom. The van der Waals surface area contributed by atoms with Crippen molar-refractivity contribution in [3.63, 3.8) is 0 Å². The van der Waals surface area contributed by atoms with Crippen LogP contribution in [0.5, 0.6) is 0 Å². The zero-order valence-electron chi connectivity index (χ0n) is 15.2. The van der Waals surface area contributed by atoms with Gasteiger partial charge in [-0.3, -0.25) is 4.79 Å². The third-order valence-electron chi connectivity index (χ3n) is 4.49. The summed E-state index contributed by atoms with van der Waals surface area (Å²) in [5.41, 5.74) is 3.71. The first kappa shape index (κ1) is 18.1. The van der Waals surface area contributed by atoms with Crippen LogP contribution in [-0.4, -0.2) is 32.0 Å². The first-order valence-electron chi connectivity index (χ1n) is 8.89. The largest absolute Gasteiger partial charge is 0.372 e. The van der Waals surface area contributed by atoms with Crippen molar-refractivity contribution in [2.75, 3.05) is 36.0 Å². The second kappa shape index (κ2) is 8.53. The Hall–Kier alpha value is -2.29. The Bertz CT molecular complexity index is 659. The minimum atomic E-state index is 0.0867. The molecular formula is C21H28N2O. The van der Waals surface area contributed by atoms with Crippen LogP contribution < -0.4 is 9.80 Å². The summed E-state index contributed by atoms with van der Waals surface area (Å²) in [5.74, 6) is 0.0867. The van der Waals surface area contributed by atoms with E-state index < -0.39 is 0 Å². The molecule has 3 nitrogen and oxygen atoms in total. The highest BCUT2D eigenvalue weighted by atomic mass is 16.1. The standard InChI is InChI=1S/C21H28N2O/c1-5-22(6-2)18-14-15-19(20(16-18)23(7-3)8-4)21(24)17-12-10-9-11-13-17/h9-16H,5-8H2,1-4H3. The number of carbonyl (C=O) groups is 1. The molecule has 0 atom stereocenters. The monoisotopic (exact) mass is 324 g/mol. The van der Waals surface area contributed by atoms with E-state index in [1.54, 1.807) is 0 Å². The predicted molar refractivity (Wildman–Crippen MR) is 103 cm³/mol. The van der Waals surface area contributed by atoms with Crippen LogP contribution in [0.25, 0.3) is 0 Å². The lowest BCUT2D eigenvalue weighted by molar-refractivity contribution is 0.103. The van der Waals surface area contributed by atoms with E-state index in [-0.39, 0.29) is 5.78 Å². The van der Waals surface area contributed by atoms with E-state index in [1.165, 1.54) is 5.69 Å². The van der Waals surface area contributed by atoms with Gasteiger partial charge in [-0.1, -0.05) is 30.3 Å². The zero-order chi connectivity index (χ0) is 17.5. The van der Waals surface area contributed by atoms with Gasteiger partial charge in [0, 0.05) is 48.7 Å². The van der Waals surface area contributed by atoms with Crippen LogP contribution in [-0.2, 0) is 0 Å². The molecule has 0 fully saturated rings. The van der Waals surface area contributed by atoms with Crippen molar-refractivity contribution in [1.29, 1.82) is 0 Å². The number of ketones is 1. The summed E-state index contributed by atoms with van der Waals surface area (Å²) >= 11 is 0. The van der Waals surface area contributed by atoms with Crippen molar-refractivity contribution >= 4 is 17.2 Å².